The summed E-state index contributed by atoms with van der Waals surface area (Å²) in [7, 11) is 0. The summed E-state index contributed by atoms with van der Waals surface area (Å²) in [5.41, 5.74) is 8.48. The number of ether oxygens (including phenoxy) is 1. The van der Waals surface area contributed by atoms with Crippen LogP contribution in [0.15, 0.2) is 24.3 Å². The zero-order chi connectivity index (χ0) is 21.1. The second-order valence-electron chi connectivity index (χ2n) is 8.58. The van der Waals surface area contributed by atoms with E-state index in [-0.39, 0.29) is 5.91 Å². The summed E-state index contributed by atoms with van der Waals surface area (Å²) in [5, 5.41) is 7.61. The number of nitrogens with zero attached hydrogens (tertiary/aromatic N) is 2. The lowest BCUT2D eigenvalue weighted by Crippen LogP contribution is -2.48. The molecule has 7 heteroatoms. The van der Waals surface area contributed by atoms with Crippen molar-refractivity contribution in [2.45, 2.75) is 57.8 Å². The van der Waals surface area contributed by atoms with Crippen LogP contribution in [0.2, 0.25) is 0 Å². The van der Waals surface area contributed by atoms with Gasteiger partial charge in [-0.2, -0.15) is 0 Å². The Balaban J connectivity index is 1.54. The molecule has 0 aliphatic carbocycles. The van der Waals surface area contributed by atoms with Crippen molar-refractivity contribution in [1.82, 2.24) is 15.6 Å². The Morgan fingerprint density at radius 3 is 2.60 bits per heavy atom. The Kier molecular flexibility index (Phi) is 6.51. The fourth-order valence-corrected chi connectivity index (χ4v) is 4.49. The number of fused-ring (bicyclic) bond motifs is 1. The number of rotatable bonds is 5. The number of hydrogen-bond donors (Lipinski definition) is 3. The van der Waals surface area contributed by atoms with Crippen LogP contribution in [0.4, 0.5) is 5.82 Å². The van der Waals surface area contributed by atoms with Crippen LogP contribution < -0.4 is 21.3 Å². The lowest BCUT2D eigenvalue weighted by atomic mass is 10.0. The van der Waals surface area contributed by atoms with Crippen molar-refractivity contribution in [2.24, 2.45) is 5.73 Å². The number of para-hydroxylation sites is 1. The van der Waals surface area contributed by atoms with Gasteiger partial charge in [-0.25, -0.2) is 4.98 Å². The van der Waals surface area contributed by atoms with Crippen molar-refractivity contribution in [1.29, 1.82) is 0 Å². The number of nitrogens with two attached hydrogens (primary N) is 1. The summed E-state index contributed by atoms with van der Waals surface area (Å²) in [6.45, 7) is 7.30. The summed E-state index contributed by atoms with van der Waals surface area (Å²) in [4.78, 5) is 20.1. The van der Waals surface area contributed by atoms with Crippen molar-refractivity contribution >= 4 is 22.6 Å². The molecule has 2 aliphatic rings. The lowest BCUT2D eigenvalue weighted by Gasteiger charge is -2.36. The fourth-order valence-electron chi connectivity index (χ4n) is 4.49. The topological polar surface area (TPSA) is 92.5 Å². The second-order valence-corrected chi connectivity index (χ2v) is 8.58. The predicted octanol–water partition coefficient (Wildman–Crippen LogP) is 2.32. The van der Waals surface area contributed by atoms with E-state index < -0.39 is 6.17 Å². The average molecular weight is 412 g/mol. The summed E-state index contributed by atoms with van der Waals surface area (Å²) in [6, 6.07) is 9.09. The zero-order valence-corrected chi connectivity index (χ0v) is 18.0. The number of carbonyl (C=O) groups excluding carboxylic acids is 1. The normalized spacial score (nSPS) is 19.8. The number of benzene rings is 1. The van der Waals surface area contributed by atoms with Gasteiger partial charge >= 0.3 is 0 Å². The van der Waals surface area contributed by atoms with Gasteiger partial charge in [0, 0.05) is 43.8 Å². The molecule has 2 aromatic rings. The van der Waals surface area contributed by atoms with Crippen LogP contribution in [0, 0.1) is 6.92 Å². The van der Waals surface area contributed by atoms with Gasteiger partial charge in [0.15, 0.2) is 0 Å². The number of nitrogens with one attached hydrogen (secondary N) is 2. The largest absolute Gasteiger partial charge is 0.381 e. The highest BCUT2D eigenvalue weighted by molar-refractivity contribution is 6.03. The molecule has 0 spiro atoms. The molecule has 3 heterocycles. The molecule has 2 aliphatic heterocycles. The van der Waals surface area contributed by atoms with Crippen molar-refractivity contribution in [3.63, 3.8) is 0 Å². The first-order valence-electron chi connectivity index (χ1n) is 11.1. The number of amides is 1. The fraction of sp³-hybridized carbons (Fsp3) is 0.565. The molecule has 4 rings (SSSR count). The first-order valence-corrected chi connectivity index (χ1v) is 11.1. The standard InChI is InChI=1S/C23H33N5O2/c1-15-4-3-5-17-14-20(23(29)25-16(2)24)22(27-21(15)17)28-10-6-18(7-11-28)26-19-8-12-30-13-9-19/h3-5,14,16,18-19,26H,6-13,24H2,1-2H3,(H,25,29). The minimum atomic E-state index is -0.409. The highest BCUT2D eigenvalue weighted by Crippen LogP contribution is 2.28. The van der Waals surface area contributed by atoms with Crippen LogP contribution in [0.25, 0.3) is 10.9 Å². The van der Waals surface area contributed by atoms with Gasteiger partial charge in [0.2, 0.25) is 0 Å². The molecule has 1 atom stereocenters. The van der Waals surface area contributed by atoms with Crippen molar-refractivity contribution in [3.05, 3.63) is 35.4 Å². The van der Waals surface area contributed by atoms with Gasteiger partial charge in [-0.15, -0.1) is 0 Å². The van der Waals surface area contributed by atoms with Crippen LogP contribution in [-0.4, -0.2) is 55.4 Å². The molecule has 1 aromatic heterocycles. The third kappa shape index (κ3) is 4.74. The van der Waals surface area contributed by atoms with Crippen LogP contribution in [0.1, 0.15) is 48.5 Å². The Bertz CT molecular complexity index is 887. The van der Waals surface area contributed by atoms with Gasteiger partial charge in [0.25, 0.3) is 5.91 Å². The van der Waals surface area contributed by atoms with Crippen molar-refractivity contribution in [3.8, 4) is 0 Å². The number of piperidine rings is 1. The molecular formula is C23H33N5O2. The minimum Gasteiger partial charge on any atom is -0.381 e. The molecule has 7 nitrogen and oxygen atoms in total. The van der Waals surface area contributed by atoms with E-state index in [4.69, 9.17) is 15.5 Å². The predicted molar refractivity (Wildman–Crippen MR) is 120 cm³/mol. The van der Waals surface area contributed by atoms with Gasteiger partial charge < -0.3 is 26.0 Å². The van der Waals surface area contributed by atoms with E-state index in [1.807, 2.05) is 18.2 Å². The molecule has 4 N–H and O–H groups in total. The smallest absolute Gasteiger partial charge is 0.256 e. The maximum atomic E-state index is 12.9. The zero-order valence-electron chi connectivity index (χ0n) is 18.0. The van der Waals surface area contributed by atoms with E-state index in [1.165, 1.54) is 0 Å². The molecule has 0 saturated carbocycles. The Labute approximate surface area is 178 Å². The van der Waals surface area contributed by atoms with E-state index in [9.17, 15) is 4.79 Å². The number of carbonyl (C=O) groups is 1. The lowest BCUT2D eigenvalue weighted by molar-refractivity contribution is 0.0738. The van der Waals surface area contributed by atoms with E-state index in [0.29, 0.717) is 17.6 Å². The Morgan fingerprint density at radius 1 is 1.20 bits per heavy atom. The summed E-state index contributed by atoms with van der Waals surface area (Å²) in [6.07, 6.45) is 3.85. The molecular weight excluding hydrogens is 378 g/mol. The first-order chi connectivity index (χ1) is 14.5. The molecule has 1 aromatic carbocycles. The molecule has 0 radical (unpaired) electrons. The number of aryl methyl sites for hydroxylation is 1. The summed E-state index contributed by atoms with van der Waals surface area (Å²) < 4.78 is 5.47. The maximum Gasteiger partial charge on any atom is 0.256 e. The third-order valence-electron chi connectivity index (χ3n) is 6.12. The minimum absolute atomic E-state index is 0.168. The highest BCUT2D eigenvalue weighted by Gasteiger charge is 2.27. The van der Waals surface area contributed by atoms with Gasteiger partial charge in [0.05, 0.1) is 17.2 Å². The maximum absolute atomic E-state index is 12.9. The van der Waals surface area contributed by atoms with Crippen LogP contribution in [-0.2, 0) is 4.74 Å². The molecule has 1 amide bonds. The number of anilines is 1. The average Bonchev–Trinajstić information content (AvgIpc) is 2.74. The Hall–Kier alpha value is -2.22. The van der Waals surface area contributed by atoms with Gasteiger partial charge in [-0.3, -0.25) is 4.79 Å². The van der Waals surface area contributed by atoms with E-state index in [2.05, 4.69) is 28.5 Å². The summed E-state index contributed by atoms with van der Waals surface area (Å²) in [5.74, 6) is 0.595. The van der Waals surface area contributed by atoms with E-state index in [1.54, 1.807) is 6.92 Å². The Morgan fingerprint density at radius 2 is 1.90 bits per heavy atom. The van der Waals surface area contributed by atoms with E-state index >= 15 is 0 Å². The van der Waals surface area contributed by atoms with Gasteiger partial charge in [-0.1, -0.05) is 18.2 Å². The van der Waals surface area contributed by atoms with Crippen molar-refractivity contribution in [2.75, 3.05) is 31.2 Å². The monoisotopic (exact) mass is 411 g/mol. The van der Waals surface area contributed by atoms with Crippen LogP contribution in [0.3, 0.4) is 0 Å². The number of aromatic nitrogens is 1. The van der Waals surface area contributed by atoms with Gasteiger partial charge in [-0.05, 0) is 51.2 Å². The molecule has 1 unspecified atom stereocenters. The van der Waals surface area contributed by atoms with Crippen LogP contribution >= 0.6 is 0 Å². The van der Waals surface area contributed by atoms with Crippen LogP contribution in [0.5, 0.6) is 0 Å². The number of pyridine rings is 1. The number of hydrogen-bond acceptors (Lipinski definition) is 6. The molecule has 2 fully saturated rings. The molecule has 30 heavy (non-hydrogen) atoms. The summed E-state index contributed by atoms with van der Waals surface area (Å²) >= 11 is 0. The van der Waals surface area contributed by atoms with E-state index in [0.717, 1.165) is 74.3 Å². The van der Waals surface area contributed by atoms with Crippen molar-refractivity contribution < 1.29 is 9.53 Å². The SMILES string of the molecule is Cc1cccc2cc(C(=O)NC(C)N)c(N3CCC(NC4CCOCC4)CC3)nc12. The quantitative estimate of drug-likeness (QED) is 0.654. The highest BCUT2D eigenvalue weighted by atomic mass is 16.5. The first kappa shape index (κ1) is 21.0. The molecule has 0 bridgehead atoms. The van der Waals surface area contributed by atoms with Gasteiger partial charge in [0.1, 0.15) is 5.82 Å². The molecule has 162 valence electrons. The molecule has 2 saturated heterocycles. The third-order valence-corrected chi connectivity index (χ3v) is 6.12. The second kappa shape index (κ2) is 9.29.